The first-order chi connectivity index (χ1) is 13.5. The largest absolute Gasteiger partial charge is 0.326 e. The van der Waals surface area contributed by atoms with Crippen LogP contribution >= 0.6 is 0 Å². The lowest BCUT2D eigenvalue weighted by atomic mass is 9.99. The molecule has 1 aliphatic rings. The van der Waals surface area contributed by atoms with Crippen LogP contribution in [-0.4, -0.2) is 29.8 Å². The molecule has 2 aromatic rings. The number of piperidine rings is 1. The van der Waals surface area contributed by atoms with Gasteiger partial charge in [0.1, 0.15) is 0 Å². The molecule has 0 unspecified atom stereocenters. The minimum atomic E-state index is -0.178. The maximum atomic E-state index is 12.6. The molecule has 0 aromatic heterocycles. The molecule has 1 atom stereocenters. The molecule has 144 valence electrons. The number of carbonyl (C=O) groups excluding carboxylic acids is 2. The molecule has 0 aliphatic carbocycles. The zero-order valence-corrected chi connectivity index (χ0v) is 15.9. The van der Waals surface area contributed by atoms with Crippen molar-refractivity contribution in [3.05, 3.63) is 59.7 Å². The molecule has 3 rings (SSSR count). The molecular formula is C22H24N4O2. The minimum Gasteiger partial charge on any atom is -0.326 e. The second kappa shape index (κ2) is 9.16. The maximum absolute atomic E-state index is 12.6. The van der Waals surface area contributed by atoms with Crippen molar-refractivity contribution in [2.45, 2.75) is 26.3 Å². The summed E-state index contributed by atoms with van der Waals surface area (Å²) in [7, 11) is 0. The van der Waals surface area contributed by atoms with Crippen LogP contribution in [0, 0.1) is 17.2 Å². The zero-order chi connectivity index (χ0) is 19.9. The van der Waals surface area contributed by atoms with Gasteiger partial charge in [-0.3, -0.25) is 14.5 Å². The first-order valence-corrected chi connectivity index (χ1v) is 9.43. The first-order valence-electron chi connectivity index (χ1n) is 9.43. The Labute approximate surface area is 165 Å². The van der Waals surface area contributed by atoms with Crippen LogP contribution in [0.3, 0.4) is 0 Å². The number of likely N-dealkylation sites (tertiary alicyclic amines) is 1. The topological polar surface area (TPSA) is 85.2 Å². The zero-order valence-electron chi connectivity index (χ0n) is 15.9. The van der Waals surface area contributed by atoms with Gasteiger partial charge in [-0.2, -0.15) is 5.26 Å². The van der Waals surface area contributed by atoms with E-state index in [4.69, 9.17) is 5.26 Å². The van der Waals surface area contributed by atoms with Crippen molar-refractivity contribution in [1.82, 2.24) is 4.90 Å². The molecule has 1 fully saturated rings. The molecule has 0 bridgehead atoms. The van der Waals surface area contributed by atoms with Gasteiger partial charge in [0.25, 0.3) is 5.91 Å². The van der Waals surface area contributed by atoms with Crippen LogP contribution in [0.5, 0.6) is 0 Å². The van der Waals surface area contributed by atoms with Gasteiger partial charge in [0.2, 0.25) is 5.91 Å². The van der Waals surface area contributed by atoms with Gasteiger partial charge in [0.05, 0.1) is 12.0 Å². The van der Waals surface area contributed by atoms with Crippen molar-refractivity contribution in [1.29, 1.82) is 5.26 Å². The normalized spacial score (nSPS) is 16.8. The predicted octanol–water partition coefficient (Wildman–Crippen LogP) is 3.63. The molecule has 2 amide bonds. The van der Waals surface area contributed by atoms with Crippen molar-refractivity contribution in [2.24, 2.45) is 5.92 Å². The summed E-state index contributed by atoms with van der Waals surface area (Å²) >= 11 is 0. The third-order valence-electron chi connectivity index (χ3n) is 4.75. The number of nitriles is 1. The molecule has 2 aromatic carbocycles. The van der Waals surface area contributed by atoms with Gasteiger partial charge in [-0.1, -0.05) is 12.1 Å². The summed E-state index contributed by atoms with van der Waals surface area (Å²) in [4.78, 5) is 25.9. The highest BCUT2D eigenvalue weighted by Gasteiger charge is 2.19. The average molecular weight is 376 g/mol. The fourth-order valence-corrected chi connectivity index (χ4v) is 3.42. The van der Waals surface area contributed by atoms with E-state index in [-0.39, 0.29) is 17.7 Å². The Kier molecular flexibility index (Phi) is 6.41. The van der Waals surface area contributed by atoms with E-state index < -0.39 is 0 Å². The number of rotatable bonds is 5. The average Bonchev–Trinajstić information content (AvgIpc) is 2.69. The lowest BCUT2D eigenvalue weighted by molar-refractivity contribution is -0.114. The van der Waals surface area contributed by atoms with Crippen LogP contribution in [0.4, 0.5) is 11.4 Å². The number of amides is 2. The Morgan fingerprint density at radius 2 is 1.86 bits per heavy atom. The van der Waals surface area contributed by atoms with E-state index in [1.54, 1.807) is 30.3 Å². The molecule has 0 radical (unpaired) electrons. The van der Waals surface area contributed by atoms with Crippen molar-refractivity contribution in [3.63, 3.8) is 0 Å². The van der Waals surface area contributed by atoms with E-state index in [1.807, 2.05) is 18.2 Å². The third kappa shape index (κ3) is 5.41. The quantitative estimate of drug-likeness (QED) is 0.834. The van der Waals surface area contributed by atoms with Gasteiger partial charge in [-0.15, -0.1) is 0 Å². The Balaban J connectivity index is 1.62. The fourth-order valence-electron chi connectivity index (χ4n) is 3.42. The van der Waals surface area contributed by atoms with Gasteiger partial charge in [0.15, 0.2) is 0 Å². The van der Waals surface area contributed by atoms with Crippen LogP contribution in [0.2, 0.25) is 0 Å². The number of nitrogens with zero attached hydrogens (tertiary/aromatic N) is 2. The Bertz CT molecular complexity index is 886. The molecule has 0 saturated carbocycles. The predicted molar refractivity (Wildman–Crippen MR) is 109 cm³/mol. The smallest absolute Gasteiger partial charge is 0.255 e. The summed E-state index contributed by atoms with van der Waals surface area (Å²) in [6.07, 6.45) is 2.00. The van der Waals surface area contributed by atoms with Crippen LogP contribution in [-0.2, 0) is 11.3 Å². The number of hydrogen-bond donors (Lipinski definition) is 2. The Morgan fingerprint density at radius 3 is 2.54 bits per heavy atom. The molecule has 6 heteroatoms. The van der Waals surface area contributed by atoms with E-state index in [2.05, 4.69) is 21.6 Å². The van der Waals surface area contributed by atoms with Crippen molar-refractivity contribution in [2.75, 3.05) is 23.7 Å². The molecule has 1 aliphatic heterocycles. The number of hydrogen-bond acceptors (Lipinski definition) is 4. The Morgan fingerprint density at radius 1 is 1.14 bits per heavy atom. The lowest BCUT2D eigenvalue weighted by Gasteiger charge is -2.29. The van der Waals surface area contributed by atoms with Gasteiger partial charge in [-0.05, 0) is 61.3 Å². The van der Waals surface area contributed by atoms with Crippen LogP contribution in [0.1, 0.15) is 35.7 Å². The van der Waals surface area contributed by atoms with E-state index in [0.29, 0.717) is 16.9 Å². The summed E-state index contributed by atoms with van der Waals surface area (Å²) in [6, 6.07) is 16.9. The van der Waals surface area contributed by atoms with Gasteiger partial charge >= 0.3 is 0 Å². The highest BCUT2D eigenvalue weighted by atomic mass is 16.2. The maximum Gasteiger partial charge on any atom is 0.255 e. The summed E-state index contributed by atoms with van der Waals surface area (Å²) in [5.74, 6) is -0.216. The van der Waals surface area contributed by atoms with Crippen LogP contribution < -0.4 is 10.6 Å². The van der Waals surface area contributed by atoms with Gasteiger partial charge in [-0.25, -0.2) is 0 Å². The molecule has 1 saturated heterocycles. The Hall–Kier alpha value is -3.17. The standard InChI is InChI=1S/C22H24N4O2/c1-16(27)24-20-7-9-21(10-8-20)25-22(28)19-6-2-4-17(12-19)14-26-11-3-5-18(13-23)15-26/h2,4,6-10,12,18H,3,5,11,14-15H2,1H3,(H,24,27)(H,25,28)/t18-/m0/s1. The van der Waals surface area contributed by atoms with E-state index >= 15 is 0 Å². The van der Waals surface area contributed by atoms with E-state index in [1.165, 1.54) is 6.92 Å². The van der Waals surface area contributed by atoms with Crippen molar-refractivity contribution in [3.8, 4) is 6.07 Å². The molecule has 2 N–H and O–H groups in total. The van der Waals surface area contributed by atoms with E-state index in [9.17, 15) is 9.59 Å². The lowest BCUT2D eigenvalue weighted by Crippen LogP contribution is -2.34. The monoisotopic (exact) mass is 376 g/mol. The van der Waals surface area contributed by atoms with Crippen LogP contribution in [0.25, 0.3) is 0 Å². The highest BCUT2D eigenvalue weighted by molar-refractivity contribution is 6.04. The van der Waals surface area contributed by atoms with Crippen molar-refractivity contribution < 1.29 is 9.59 Å². The molecule has 1 heterocycles. The SMILES string of the molecule is CC(=O)Nc1ccc(NC(=O)c2cccc(CN3CCC[C@@H](C#N)C3)c2)cc1. The molecule has 28 heavy (non-hydrogen) atoms. The molecule has 0 spiro atoms. The third-order valence-corrected chi connectivity index (χ3v) is 4.75. The molecule has 6 nitrogen and oxygen atoms in total. The summed E-state index contributed by atoms with van der Waals surface area (Å²) in [5.41, 5.74) is 3.01. The summed E-state index contributed by atoms with van der Waals surface area (Å²) in [5, 5.41) is 14.7. The van der Waals surface area contributed by atoms with E-state index in [0.717, 1.165) is 38.0 Å². The minimum absolute atomic E-state index is 0.0979. The summed E-state index contributed by atoms with van der Waals surface area (Å²) in [6.45, 7) is 3.96. The number of carbonyl (C=O) groups is 2. The second-order valence-electron chi connectivity index (χ2n) is 7.12. The van der Waals surface area contributed by atoms with Gasteiger partial charge < -0.3 is 10.6 Å². The second-order valence-corrected chi connectivity index (χ2v) is 7.12. The van der Waals surface area contributed by atoms with Crippen molar-refractivity contribution >= 4 is 23.2 Å². The van der Waals surface area contributed by atoms with Crippen LogP contribution in [0.15, 0.2) is 48.5 Å². The van der Waals surface area contributed by atoms with Gasteiger partial charge in [0, 0.05) is 37.0 Å². The number of nitrogens with one attached hydrogen (secondary N) is 2. The summed E-state index contributed by atoms with van der Waals surface area (Å²) < 4.78 is 0. The fraction of sp³-hybridized carbons (Fsp3) is 0.318. The molecular weight excluding hydrogens is 352 g/mol. The number of benzene rings is 2. The number of anilines is 2. The first kappa shape index (κ1) is 19.6. The highest BCUT2D eigenvalue weighted by Crippen LogP contribution is 2.19.